The maximum atomic E-state index is 13.6. The van der Waals surface area contributed by atoms with Crippen molar-refractivity contribution in [1.82, 2.24) is 19.1 Å². The molecule has 84 heavy (non-hydrogen) atoms. The Bertz CT molecular complexity index is 3220. The third kappa shape index (κ3) is 12.5. The Hall–Kier alpha value is -8.36. The monoisotopic (exact) mass is 1140 g/mol. The van der Waals surface area contributed by atoms with Crippen LogP contribution in [0.2, 0.25) is 0 Å². The van der Waals surface area contributed by atoms with Crippen molar-refractivity contribution in [2.75, 3.05) is 54.9 Å². The predicted molar refractivity (Wildman–Crippen MR) is 312 cm³/mol. The van der Waals surface area contributed by atoms with Crippen LogP contribution in [0.25, 0.3) is 0 Å². The van der Waals surface area contributed by atoms with Crippen molar-refractivity contribution < 1.29 is 57.6 Å². The third-order valence-electron chi connectivity index (χ3n) is 15.5. The van der Waals surface area contributed by atoms with Crippen molar-refractivity contribution in [2.45, 2.75) is 87.6 Å². The molecule has 6 aromatic carbocycles. The lowest BCUT2D eigenvalue weighted by atomic mass is 9.80. The first-order valence-electron chi connectivity index (χ1n) is 28.0. The highest BCUT2D eigenvalue weighted by molar-refractivity contribution is 5.51. The Balaban J connectivity index is 0.736. The Morgan fingerprint density at radius 1 is 0.464 bits per heavy atom. The van der Waals surface area contributed by atoms with E-state index in [-0.39, 0.29) is 51.0 Å². The van der Waals surface area contributed by atoms with Crippen LogP contribution in [-0.4, -0.2) is 109 Å². The van der Waals surface area contributed by atoms with E-state index in [1.54, 1.807) is 54.7 Å². The summed E-state index contributed by atoms with van der Waals surface area (Å²) >= 11 is 0. The van der Waals surface area contributed by atoms with Crippen molar-refractivity contribution in [3.8, 4) is 34.8 Å². The van der Waals surface area contributed by atoms with E-state index in [9.17, 15) is 19.8 Å². The van der Waals surface area contributed by atoms with E-state index in [0.717, 1.165) is 33.4 Å². The van der Waals surface area contributed by atoms with Gasteiger partial charge in [-0.05, 0) is 109 Å². The number of rotatable bonds is 25. The van der Waals surface area contributed by atoms with E-state index in [2.05, 4.69) is 9.97 Å². The first-order valence-corrected chi connectivity index (χ1v) is 28.0. The summed E-state index contributed by atoms with van der Waals surface area (Å²) in [6.07, 6.45) is -0.549. The maximum absolute atomic E-state index is 13.6. The molecule has 18 heteroatoms. The van der Waals surface area contributed by atoms with Crippen molar-refractivity contribution in [2.24, 2.45) is 0 Å². The summed E-state index contributed by atoms with van der Waals surface area (Å²) in [6.45, 7) is 4.00. The van der Waals surface area contributed by atoms with Crippen LogP contribution in [0.4, 0.5) is 0 Å². The molecule has 0 spiro atoms. The van der Waals surface area contributed by atoms with Gasteiger partial charge in [-0.1, -0.05) is 109 Å². The van der Waals surface area contributed by atoms with Crippen LogP contribution in [-0.2, 0) is 30.1 Å². The summed E-state index contributed by atoms with van der Waals surface area (Å²) in [7, 11) is 6.46. The van der Waals surface area contributed by atoms with Crippen LogP contribution in [0, 0.1) is 13.8 Å². The quantitative estimate of drug-likeness (QED) is 0.0405. The number of aryl methyl sites for hydroxylation is 2. The number of hydrogen-bond acceptors (Lipinski definition) is 16. The highest BCUT2D eigenvalue weighted by Crippen LogP contribution is 2.45. The van der Waals surface area contributed by atoms with E-state index in [4.69, 9.17) is 47.4 Å². The lowest BCUT2D eigenvalue weighted by molar-refractivity contribution is -0.0944. The third-order valence-corrected chi connectivity index (χ3v) is 15.5. The minimum atomic E-state index is -1.14. The normalized spacial score (nSPS) is 18.8. The van der Waals surface area contributed by atoms with Gasteiger partial charge < -0.3 is 57.6 Å². The minimum absolute atomic E-state index is 0.0241. The molecule has 2 aromatic heterocycles. The van der Waals surface area contributed by atoms with Crippen LogP contribution < -0.4 is 39.8 Å². The molecule has 6 atom stereocenters. The van der Waals surface area contributed by atoms with E-state index < -0.39 is 59.5 Å². The Labute approximate surface area is 487 Å². The van der Waals surface area contributed by atoms with Crippen LogP contribution in [0.15, 0.2) is 180 Å². The van der Waals surface area contributed by atoms with Crippen molar-refractivity contribution in [3.63, 3.8) is 0 Å². The van der Waals surface area contributed by atoms with Crippen molar-refractivity contribution in [1.29, 1.82) is 0 Å². The molecule has 2 N–H and O–H groups in total. The molecule has 2 fully saturated rings. The molecule has 8 aromatic rings. The molecule has 0 unspecified atom stereocenters. The number of aromatic nitrogens is 4. The zero-order chi connectivity index (χ0) is 58.8. The number of benzene rings is 6. The topological polar surface area (TPSA) is 203 Å². The second-order valence-corrected chi connectivity index (χ2v) is 20.7. The average molecular weight is 1140 g/mol. The smallest absolute Gasteiger partial charge is 0.352 e. The lowest BCUT2D eigenvalue weighted by Crippen LogP contribution is -2.38. The summed E-state index contributed by atoms with van der Waals surface area (Å²) in [5.74, 6) is 3.12. The van der Waals surface area contributed by atoms with E-state index in [1.165, 1.54) is 9.13 Å². The molecule has 4 heterocycles. The van der Waals surface area contributed by atoms with Gasteiger partial charge in [0, 0.05) is 36.4 Å². The van der Waals surface area contributed by atoms with E-state index >= 15 is 0 Å². The zero-order valence-electron chi connectivity index (χ0n) is 47.9. The number of aliphatic hydroxyl groups excluding tert-OH is 2. The molecule has 2 aliphatic heterocycles. The van der Waals surface area contributed by atoms with Crippen molar-refractivity contribution >= 4 is 0 Å². The van der Waals surface area contributed by atoms with Gasteiger partial charge in [-0.3, -0.25) is 9.13 Å². The Morgan fingerprint density at radius 2 is 0.762 bits per heavy atom. The van der Waals surface area contributed by atoms with Gasteiger partial charge in [0.25, 0.3) is 0 Å². The number of hydrogen-bond donors (Lipinski definition) is 2. The minimum Gasteiger partial charge on any atom is -0.497 e. The summed E-state index contributed by atoms with van der Waals surface area (Å²) < 4.78 is 63.5. The van der Waals surface area contributed by atoms with Gasteiger partial charge in [0.05, 0.1) is 67.1 Å². The standard InChI is InChI=1S/C66H70N4O14/c1-43-39-69(59-37-55(71)57(83-59)41-81-65(45-15-9-7-10-16-45,47-19-27-51(75-3)28-20-47)48-21-29-52(76-4)30-22-48)63(73)67-61(43)79-35-13-14-36-80-62-44(2)40-70(64(74)68-62)60-38-56(72)58(84-60)42-82-66(46-17-11-8-12-18-46,49-23-31-53(77-5)32-24-49)50-25-33-54(78-6)34-26-50/h7-12,15-34,39-40,55-60,71-72H,13-14,35-38,41-42H2,1-6H3/t55-,56-,57+,58+,59+,60+/m0/s1. The number of methoxy groups -OCH3 is 4. The van der Waals surface area contributed by atoms with Gasteiger partial charge in [0.2, 0.25) is 11.8 Å². The van der Waals surface area contributed by atoms with Gasteiger partial charge in [0.1, 0.15) is 58.9 Å². The molecular formula is C66H70N4O14. The maximum Gasteiger partial charge on any atom is 0.352 e. The first kappa shape index (κ1) is 58.8. The molecule has 0 saturated carbocycles. The van der Waals surface area contributed by atoms with Gasteiger partial charge in [-0.15, -0.1) is 0 Å². The SMILES string of the molecule is COc1ccc(C(OC[C@H]2O[C@@H](n3cc(C)c(OCCCCOc4nc(=O)n([C@H]5C[C@H](O)[C@@H](COC(c6ccccc6)(c6ccc(OC)cc6)c6ccc(OC)cc6)O5)cc4C)nc3=O)C[C@@H]2O)(c2ccccc2)c2ccc(OC)cc2)cc1. The fourth-order valence-corrected chi connectivity index (χ4v) is 11.0. The van der Waals surface area contributed by atoms with Gasteiger partial charge in [-0.2, -0.15) is 9.97 Å². The lowest BCUT2D eigenvalue weighted by Gasteiger charge is -2.37. The second-order valence-electron chi connectivity index (χ2n) is 20.7. The van der Waals surface area contributed by atoms with E-state index in [0.29, 0.717) is 47.0 Å². The van der Waals surface area contributed by atoms with Crippen molar-refractivity contribution in [3.05, 3.63) is 236 Å². The Morgan fingerprint density at radius 3 is 1.06 bits per heavy atom. The van der Waals surface area contributed by atoms with Crippen LogP contribution in [0.5, 0.6) is 34.8 Å². The van der Waals surface area contributed by atoms with Gasteiger partial charge >= 0.3 is 11.4 Å². The van der Waals surface area contributed by atoms with Gasteiger partial charge in [0.15, 0.2) is 0 Å². The molecule has 0 aliphatic carbocycles. The number of unbranched alkanes of at least 4 members (excludes halogenated alkanes) is 1. The summed E-state index contributed by atoms with van der Waals surface area (Å²) in [5, 5.41) is 22.9. The van der Waals surface area contributed by atoms with Crippen LogP contribution >= 0.6 is 0 Å². The summed E-state index contributed by atoms with van der Waals surface area (Å²) in [6, 6.07) is 50.4. The largest absolute Gasteiger partial charge is 0.497 e. The summed E-state index contributed by atoms with van der Waals surface area (Å²) in [5.41, 5.74) is 2.77. The highest BCUT2D eigenvalue weighted by Gasteiger charge is 2.44. The number of ether oxygens (including phenoxy) is 10. The average Bonchev–Trinajstić information content (AvgIpc) is 3.29. The molecule has 2 saturated heterocycles. The van der Waals surface area contributed by atoms with Crippen LogP contribution in [0.1, 0.15) is 82.6 Å². The molecule has 0 amide bonds. The number of nitrogens with zero attached hydrogens (tertiary/aromatic N) is 4. The summed E-state index contributed by atoms with van der Waals surface area (Å²) in [4.78, 5) is 35.7. The zero-order valence-corrected chi connectivity index (χ0v) is 47.9. The fraction of sp³-hybridized carbons (Fsp3) is 0.333. The highest BCUT2D eigenvalue weighted by atomic mass is 16.6. The molecule has 10 rings (SSSR count). The molecule has 0 radical (unpaired) electrons. The Kier molecular flexibility index (Phi) is 18.5. The van der Waals surface area contributed by atoms with Gasteiger partial charge in [-0.25, -0.2) is 9.59 Å². The first-order chi connectivity index (χ1) is 40.9. The molecular weight excluding hydrogens is 1070 g/mol. The molecule has 2 aliphatic rings. The van der Waals surface area contributed by atoms with Crippen LogP contribution in [0.3, 0.4) is 0 Å². The molecule has 18 nitrogen and oxygen atoms in total. The fourth-order valence-electron chi connectivity index (χ4n) is 11.0. The molecule has 438 valence electrons. The number of aliphatic hydroxyl groups is 2. The molecule has 0 bridgehead atoms. The van der Waals surface area contributed by atoms with E-state index in [1.807, 2.05) is 158 Å². The second kappa shape index (κ2) is 26.5. The predicted octanol–water partition coefficient (Wildman–Crippen LogP) is 9.00.